The molecule has 3 aromatic rings. The van der Waals surface area contributed by atoms with Crippen LogP contribution in [0.5, 0.6) is 0 Å². The first kappa shape index (κ1) is 28.6. The van der Waals surface area contributed by atoms with Crippen molar-refractivity contribution in [1.82, 2.24) is 10.2 Å². The van der Waals surface area contributed by atoms with Crippen LogP contribution in [0.25, 0.3) is 0 Å². The Bertz CT molecular complexity index is 1390. The number of hydrogen-bond donors (Lipinski definition) is 1. The fraction of sp³-hybridized carbons (Fsp3) is 0.333. The summed E-state index contributed by atoms with van der Waals surface area (Å²) in [6, 6.07) is 21.6. The molecule has 0 saturated heterocycles. The van der Waals surface area contributed by atoms with Crippen molar-refractivity contribution in [1.29, 1.82) is 0 Å². The monoisotopic (exact) mass is 567 g/mol. The zero-order valence-corrected chi connectivity index (χ0v) is 23.8. The van der Waals surface area contributed by atoms with E-state index in [0.717, 1.165) is 35.6 Å². The van der Waals surface area contributed by atoms with E-state index >= 15 is 0 Å². The van der Waals surface area contributed by atoms with Crippen molar-refractivity contribution in [3.05, 3.63) is 95.0 Å². The average molecular weight is 568 g/mol. The van der Waals surface area contributed by atoms with Crippen molar-refractivity contribution >= 4 is 39.1 Å². The quantitative estimate of drug-likeness (QED) is 0.359. The first-order chi connectivity index (χ1) is 18.7. The molecular formula is C30H34ClN3O4S. The van der Waals surface area contributed by atoms with Crippen LogP contribution in [0.3, 0.4) is 0 Å². The first-order valence-electron chi connectivity index (χ1n) is 13.1. The van der Waals surface area contributed by atoms with E-state index in [1.165, 1.54) is 17.0 Å². The SMILES string of the molecule is Cc1c(Cl)cccc1N(CC(=O)N(Cc1ccccc1)C(C)C(=O)NC1CCCC1)S(=O)(=O)c1ccccc1. The summed E-state index contributed by atoms with van der Waals surface area (Å²) in [6.45, 7) is 3.07. The number of carbonyl (C=O) groups excluding carboxylic acids is 2. The molecule has 0 heterocycles. The van der Waals surface area contributed by atoms with E-state index < -0.39 is 28.5 Å². The molecule has 0 radical (unpaired) electrons. The molecular weight excluding hydrogens is 534 g/mol. The van der Waals surface area contributed by atoms with Gasteiger partial charge in [0, 0.05) is 17.6 Å². The van der Waals surface area contributed by atoms with E-state index in [-0.39, 0.29) is 23.4 Å². The van der Waals surface area contributed by atoms with E-state index in [1.54, 1.807) is 50.2 Å². The molecule has 0 aromatic heterocycles. The molecule has 3 aromatic carbocycles. The molecule has 1 unspecified atom stereocenters. The maximum Gasteiger partial charge on any atom is 0.264 e. The van der Waals surface area contributed by atoms with Crippen LogP contribution in [-0.2, 0) is 26.2 Å². The lowest BCUT2D eigenvalue weighted by Gasteiger charge is -2.33. The van der Waals surface area contributed by atoms with Crippen molar-refractivity contribution in [3.8, 4) is 0 Å². The fourth-order valence-electron chi connectivity index (χ4n) is 4.85. The van der Waals surface area contributed by atoms with Gasteiger partial charge in [-0.1, -0.05) is 79.0 Å². The van der Waals surface area contributed by atoms with E-state index in [9.17, 15) is 18.0 Å². The first-order valence-corrected chi connectivity index (χ1v) is 15.0. The summed E-state index contributed by atoms with van der Waals surface area (Å²) in [4.78, 5) is 28.8. The minimum atomic E-state index is -4.13. The average Bonchev–Trinajstić information content (AvgIpc) is 3.45. The molecule has 0 spiro atoms. The largest absolute Gasteiger partial charge is 0.352 e. The zero-order chi connectivity index (χ0) is 28.0. The second-order valence-corrected chi connectivity index (χ2v) is 12.2. The Morgan fingerprint density at radius 3 is 2.21 bits per heavy atom. The summed E-state index contributed by atoms with van der Waals surface area (Å²) in [5, 5.41) is 3.46. The number of rotatable bonds is 10. The summed E-state index contributed by atoms with van der Waals surface area (Å²) in [7, 11) is -4.13. The van der Waals surface area contributed by atoms with Gasteiger partial charge in [-0.05, 0) is 62.1 Å². The molecule has 2 amide bonds. The van der Waals surface area contributed by atoms with E-state index in [0.29, 0.717) is 16.3 Å². The molecule has 7 nitrogen and oxygen atoms in total. The van der Waals surface area contributed by atoms with Gasteiger partial charge in [-0.2, -0.15) is 0 Å². The molecule has 1 saturated carbocycles. The number of halogens is 1. The number of hydrogen-bond acceptors (Lipinski definition) is 4. The van der Waals surface area contributed by atoms with Gasteiger partial charge in [-0.3, -0.25) is 13.9 Å². The Kier molecular flexibility index (Phi) is 9.30. The number of benzene rings is 3. The van der Waals surface area contributed by atoms with E-state index in [1.807, 2.05) is 30.3 Å². The third-order valence-electron chi connectivity index (χ3n) is 7.18. The van der Waals surface area contributed by atoms with Crippen molar-refractivity contribution in [3.63, 3.8) is 0 Å². The molecule has 0 bridgehead atoms. The van der Waals surface area contributed by atoms with E-state index in [2.05, 4.69) is 5.32 Å². The Morgan fingerprint density at radius 1 is 0.949 bits per heavy atom. The van der Waals surface area contributed by atoms with Crippen LogP contribution < -0.4 is 9.62 Å². The van der Waals surface area contributed by atoms with Crippen LogP contribution in [0, 0.1) is 6.92 Å². The summed E-state index contributed by atoms with van der Waals surface area (Å²) in [6.07, 6.45) is 3.97. The number of nitrogens with one attached hydrogen (secondary N) is 1. The lowest BCUT2D eigenvalue weighted by atomic mass is 10.1. The standard InChI is InChI=1S/C30H34ClN3O4S/c1-22-27(31)18-11-19-28(22)34(39(37,38)26-16-7-4-8-17-26)21-29(35)33(20-24-12-5-3-6-13-24)23(2)30(36)32-25-14-9-10-15-25/h3-8,11-13,16-19,23,25H,9-10,14-15,20-21H2,1-2H3,(H,32,36). The summed E-state index contributed by atoms with van der Waals surface area (Å²) in [5.41, 5.74) is 1.68. The normalized spacial score (nSPS) is 14.5. The molecule has 1 aliphatic rings. The lowest BCUT2D eigenvalue weighted by molar-refractivity contribution is -0.139. The summed E-state index contributed by atoms with van der Waals surface area (Å²) >= 11 is 6.36. The fourth-order valence-corrected chi connectivity index (χ4v) is 6.52. The van der Waals surface area contributed by atoms with Gasteiger partial charge in [0.15, 0.2) is 0 Å². The molecule has 39 heavy (non-hydrogen) atoms. The number of carbonyl (C=O) groups is 2. The third kappa shape index (κ3) is 6.81. The highest BCUT2D eigenvalue weighted by Gasteiger charge is 2.34. The number of nitrogens with zero attached hydrogens (tertiary/aromatic N) is 2. The Labute approximate surface area is 235 Å². The van der Waals surface area contributed by atoms with Gasteiger partial charge in [0.25, 0.3) is 10.0 Å². The predicted octanol–water partition coefficient (Wildman–Crippen LogP) is 5.32. The Hall–Kier alpha value is -3.36. The number of anilines is 1. The third-order valence-corrected chi connectivity index (χ3v) is 9.37. The highest BCUT2D eigenvalue weighted by atomic mass is 35.5. The van der Waals surface area contributed by atoms with Gasteiger partial charge in [0.1, 0.15) is 12.6 Å². The van der Waals surface area contributed by atoms with Gasteiger partial charge >= 0.3 is 0 Å². The Morgan fingerprint density at radius 2 is 1.56 bits per heavy atom. The highest BCUT2D eigenvalue weighted by molar-refractivity contribution is 7.92. The number of sulfonamides is 1. The van der Waals surface area contributed by atoms with Crippen LogP contribution in [0.15, 0.2) is 83.8 Å². The van der Waals surface area contributed by atoms with Crippen molar-refractivity contribution < 1.29 is 18.0 Å². The smallest absolute Gasteiger partial charge is 0.264 e. The minimum Gasteiger partial charge on any atom is -0.352 e. The van der Waals surface area contributed by atoms with Crippen molar-refractivity contribution in [2.24, 2.45) is 0 Å². The van der Waals surface area contributed by atoms with Gasteiger partial charge in [0.2, 0.25) is 11.8 Å². The van der Waals surface area contributed by atoms with Gasteiger partial charge < -0.3 is 10.2 Å². The van der Waals surface area contributed by atoms with Crippen molar-refractivity contribution in [2.75, 3.05) is 10.8 Å². The highest BCUT2D eigenvalue weighted by Crippen LogP contribution is 2.31. The Balaban J connectivity index is 1.70. The molecule has 0 aliphatic heterocycles. The topological polar surface area (TPSA) is 86.8 Å². The van der Waals surface area contributed by atoms with Crippen LogP contribution in [0.1, 0.15) is 43.7 Å². The molecule has 1 N–H and O–H groups in total. The molecule has 9 heteroatoms. The maximum absolute atomic E-state index is 14.0. The predicted molar refractivity (Wildman–Crippen MR) is 154 cm³/mol. The van der Waals surface area contributed by atoms with Crippen LogP contribution in [0.4, 0.5) is 5.69 Å². The van der Waals surface area contributed by atoms with Gasteiger partial charge in [0.05, 0.1) is 10.6 Å². The van der Waals surface area contributed by atoms with Crippen LogP contribution >= 0.6 is 11.6 Å². The van der Waals surface area contributed by atoms with E-state index in [4.69, 9.17) is 11.6 Å². The minimum absolute atomic E-state index is 0.0545. The van der Waals surface area contributed by atoms with Gasteiger partial charge in [-0.25, -0.2) is 8.42 Å². The lowest BCUT2D eigenvalue weighted by Crippen LogP contribution is -2.52. The van der Waals surface area contributed by atoms with Crippen molar-refractivity contribution in [2.45, 2.75) is 63.1 Å². The second-order valence-electron chi connectivity index (χ2n) is 9.88. The molecule has 1 fully saturated rings. The second kappa shape index (κ2) is 12.7. The number of amides is 2. The van der Waals surface area contributed by atoms with Gasteiger partial charge in [-0.15, -0.1) is 0 Å². The van der Waals surface area contributed by atoms with Crippen LogP contribution in [0.2, 0.25) is 5.02 Å². The van der Waals surface area contributed by atoms with Crippen LogP contribution in [-0.4, -0.2) is 43.8 Å². The maximum atomic E-state index is 14.0. The molecule has 1 atom stereocenters. The molecule has 4 rings (SSSR count). The zero-order valence-electron chi connectivity index (χ0n) is 22.2. The summed E-state index contributed by atoms with van der Waals surface area (Å²) < 4.78 is 28.8. The molecule has 1 aliphatic carbocycles. The summed E-state index contributed by atoms with van der Waals surface area (Å²) in [5.74, 6) is -0.741. The molecule has 206 valence electrons.